The Kier molecular flexibility index (Phi) is 8.58. The number of thiophene rings is 1. The number of amides is 2. The molecule has 2 amide bonds. The number of phenols is 1. The third-order valence-electron chi connectivity index (χ3n) is 4.70. The predicted octanol–water partition coefficient (Wildman–Crippen LogP) is 2.52. The van der Waals surface area contributed by atoms with Crippen molar-refractivity contribution in [2.45, 2.75) is 17.7 Å². The van der Waals surface area contributed by atoms with Crippen LogP contribution in [-0.2, 0) is 16.4 Å². The number of hydrogen-bond acceptors (Lipinski definition) is 6. The fourth-order valence-electron chi connectivity index (χ4n) is 2.98. The average Bonchev–Trinajstić information content (AvgIpc) is 3.32. The first-order valence-corrected chi connectivity index (χ1v) is 12.7. The zero-order valence-corrected chi connectivity index (χ0v) is 19.4. The minimum Gasteiger partial charge on any atom is -0.508 e. The molecule has 0 bridgehead atoms. The second kappa shape index (κ2) is 11.6. The van der Waals surface area contributed by atoms with Crippen LogP contribution in [0.25, 0.3) is 0 Å². The summed E-state index contributed by atoms with van der Waals surface area (Å²) in [6, 6.07) is 15.6. The topological polar surface area (TPSA) is 125 Å². The van der Waals surface area contributed by atoms with Crippen molar-refractivity contribution in [3.8, 4) is 5.75 Å². The molecule has 0 unspecified atom stereocenters. The molecule has 4 N–H and O–H groups in total. The van der Waals surface area contributed by atoms with Crippen molar-refractivity contribution in [3.63, 3.8) is 0 Å². The molecule has 174 valence electrons. The van der Waals surface area contributed by atoms with E-state index in [4.69, 9.17) is 0 Å². The third-order valence-corrected chi connectivity index (χ3v) is 7.12. The van der Waals surface area contributed by atoms with Gasteiger partial charge in [0, 0.05) is 35.6 Å². The van der Waals surface area contributed by atoms with Crippen LogP contribution in [0.5, 0.6) is 5.75 Å². The van der Waals surface area contributed by atoms with Gasteiger partial charge in [0.15, 0.2) is 0 Å². The van der Waals surface area contributed by atoms with Crippen LogP contribution in [0.15, 0.2) is 70.9 Å². The minimum absolute atomic E-state index is 0.0166. The van der Waals surface area contributed by atoms with E-state index in [2.05, 4.69) is 15.4 Å². The van der Waals surface area contributed by atoms with Crippen LogP contribution in [0.2, 0.25) is 0 Å². The molecule has 10 heteroatoms. The Balaban J connectivity index is 1.40. The van der Waals surface area contributed by atoms with Crippen molar-refractivity contribution in [2.75, 3.05) is 19.6 Å². The summed E-state index contributed by atoms with van der Waals surface area (Å²) in [7, 11) is -3.65. The number of hydrogen-bond donors (Lipinski definition) is 4. The lowest BCUT2D eigenvalue weighted by molar-refractivity contribution is 0.0951. The zero-order valence-electron chi connectivity index (χ0n) is 17.8. The third kappa shape index (κ3) is 7.41. The molecule has 0 aliphatic rings. The van der Waals surface area contributed by atoms with Gasteiger partial charge in [-0.2, -0.15) is 0 Å². The highest BCUT2D eigenvalue weighted by Gasteiger charge is 2.14. The molecule has 1 heterocycles. The number of rotatable bonds is 11. The van der Waals surface area contributed by atoms with E-state index >= 15 is 0 Å². The van der Waals surface area contributed by atoms with Crippen LogP contribution in [0.1, 0.15) is 32.0 Å². The molecule has 1 aromatic heterocycles. The van der Waals surface area contributed by atoms with Gasteiger partial charge in [-0.05, 0) is 66.8 Å². The largest absolute Gasteiger partial charge is 0.508 e. The first-order chi connectivity index (χ1) is 15.8. The Morgan fingerprint density at radius 1 is 0.848 bits per heavy atom. The molecule has 0 aliphatic heterocycles. The van der Waals surface area contributed by atoms with E-state index in [1.165, 1.54) is 36.4 Å². The highest BCUT2D eigenvalue weighted by atomic mass is 32.2. The SMILES string of the molecule is O=C(NCCCNC(=O)c1cccc(O)c1)c1ccc(S(=O)(=O)NCCc2cccs2)cc1. The maximum absolute atomic E-state index is 12.4. The molecule has 3 aromatic rings. The van der Waals surface area contributed by atoms with Gasteiger partial charge in [-0.15, -0.1) is 11.3 Å². The Bertz CT molecular complexity index is 1180. The first kappa shape index (κ1) is 24.4. The maximum atomic E-state index is 12.4. The van der Waals surface area contributed by atoms with Gasteiger partial charge in [0.2, 0.25) is 10.0 Å². The van der Waals surface area contributed by atoms with Gasteiger partial charge in [0.25, 0.3) is 11.8 Å². The van der Waals surface area contributed by atoms with Crippen molar-refractivity contribution in [3.05, 3.63) is 82.0 Å². The van der Waals surface area contributed by atoms with Gasteiger partial charge in [0.05, 0.1) is 4.90 Å². The van der Waals surface area contributed by atoms with E-state index in [1.807, 2.05) is 17.5 Å². The van der Waals surface area contributed by atoms with Gasteiger partial charge in [-0.1, -0.05) is 12.1 Å². The predicted molar refractivity (Wildman–Crippen MR) is 127 cm³/mol. The fraction of sp³-hybridized carbons (Fsp3) is 0.217. The van der Waals surface area contributed by atoms with E-state index in [1.54, 1.807) is 23.5 Å². The van der Waals surface area contributed by atoms with Crippen molar-refractivity contribution < 1.29 is 23.1 Å². The molecule has 0 spiro atoms. The summed E-state index contributed by atoms with van der Waals surface area (Å²) < 4.78 is 27.4. The molecule has 0 aliphatic carbocycles. The van der Waals surface area contributed by atoms with Gasteiger partial charge < -0.3 is 15.7 Å². The molecule has 0 atom stereocenters. The standard InChI is InChI=1S/C23H25N3O5S2/c27-19-5-1-4-18(16-19)23(29)25-13-3-12-24-22(28)17-7-9-21(10-8-17)33(30,31)26-14-11-20-6-2-15-32-20/h1-2,4-10,15-16,26-27H,3,11-14H2,(H,24,28)(H,25,29). The molecule has 0 fully saturated rings. The molecule has 2 aromatic carbocycles. The van der Waals surface area contributed by atoms with Crippen LogP contribution >= 0.6 is 11.3 Å². The quantitative estimate of drug-likeness (QED) is 0.309. The number of nitrogens with one attached hydrogen (secondary N) is 3. The van der Waals surface area contributed by atoms with Crippen molar-refractivity contribution in [1.29, 1.82) is 0 Å². The van der Waals surface area contributed by atoms with Crippen molar-refractivity contribution in [2.24, 2.45) is 0 Å². The summed E-state index contributed by atoms with van der Waals surface area (Å²) in [6.07, 6.45) is 1.13. The first-order valence-electron chi connectivity index (χ1n) is 10.3. The molecule has 0 saturated heterocycles. The molecular formula is C23H25N3O5S2. The van der Waals surface area contributed by atoms with E-state index < -0.39 is 10.0 Å². The molecule has 0 radical (unpaired) electrons. The Labute approximate surface area is 196 Å². The second-order valence-electron chi connectivity index (χ2n) is 7.17. The van der Waals surface area contributed by atoms with Gasteiger partial charge in [0.1, 0.15) is 5.75 Å². The number of benzene rings is 2. The fourth-order valence-corrected chi connectivity index (χ4v) is 4.72. The minimum atomic E-state index is -3.65. The highest BCUT2D eigenvalue weighted by molar-refractivity contribution is 7.89. The summed E-state index contributed by atoms with van der Waals surface area (Å²) in [6.45, 7) is 0.986. The Hall–Kier alpha value is -3.21. The molecule has 0 saturated carbocycles. The number of aromatic hydroxyl groups is 1. The van der Waals surface area contributed by atoms with Crippen LogP contribution in [0.3, 0.4) is 0 Å². The lowest BCUT2D eigenvalue weighted by atomic mass is 10.2. The molecule has 8 nitrogen and oxygen atoms in total. The second-order valence-corrected chi connectivity index (χ2v) is 9.97. The average molecular weight is 488 g/mol. The number of carbonyl (C=O) groups is 2. The van der Waals surface area contributed by atoms with Crippen LogP contribution in [0.4, 0.5) is 0 Å². The summed E-state index contributed by atoms with van der Waals surface area (Å²) in [5.41, 5.74) is 0.700. The highest BCUT2D eigenvalue weighted by Crippen LogP contribution is 2.13. The molecule has 33 heavy (non-hydrogen) atoms. The summed E-state index contributed by atoms with van der Waals surface area (Å²) in [5, 5.41) is 16.8. The normalized spacial score (nSPS) is 11.2. The summed E-state index contributed by atoms with van der Waals surface area (Å²) in [4.78, 5) is 25.5. The van der Waals surface area contributed by atoms with Crippen molar-refractivity contribution >= 4 is 33.2 Å². The zero-order chi connectivity index (χ0) is 23.7. The summed E-state index contributed by atoms with van der Waals surface area (Å²) in [5.74, 6) is -0.621. The monoisotopic (exact) mass is 487 g/mol. The summed E-state index contributed by atoms with van der Waals surface area (Å²) >= 11 is 1.58. The lowest BCUT2D eigenvalue weighted by Gasteiger charge is -2.09. The number of carbonyl (C=O) groups excluding carboxylic acids is 2. The maximum Gasteiger partial charge on any atom is 0.251 e. The lowest BCUT2D eigenvalue weighted by Crippen LogP contribution is -2.30. The Morgan fingerprint density at radius 3 is 2.18 bits per heavy atom. The van der Waals surface area contributed by atoms with Gasteiger partial charge in [-0.25, -0.2) is 13.1 Å². The molecular weight excluding hydrogens is 462 g/mol. The number of sulfonamides is 1. The Morgan fingerprint density at radius 2 is 1.55 bits per heavy atom. The van der Waals surface area contributed by atoms with Gasteiger partial charge >= 0.3 is 0 Å². The van der Waals surface area contributed by atoms with Crippen LogP contribution < -0.4 is 15.4 Å². The van der Waals surface area contributed by atoms with E-state index in [9.17, 15) is 23.1 Å². The van der Waals surface area contributed by atoms with E-state index in [0.29, 0.717) is 43.6 Å². The smallest absolute Gasteiger partial charge is 0.251 e. The van der Waals surface area contributed by atoms with E-state index in [0.717, 1.165) is 4.88 Å². The van der Waals surface area contributed by atoms with Crippen molar-refractivity contribution in [1.82, 2.24) is 15.4 Å². The van der Waals surface area contributed by atoms with Crippen LogP contribution in [0, 0.1) is 0 Å². The number of phenolic OH excluding ortho intramolecular Hbond substituents is 1. The molecule has 3 rings (SSSR count). The van der Waals surface area contributed by atoms with Gasteiger partial charge in [-0.3, -0.25) is 9.59 Å². The van der Waals surface area contributed by atoms with E-state index in [-0.39, 0.29) is 22.5 Å². The van der Waals surface area contributed by atoms with Crippen LogP contribution in [-0.4, -0.2) is 45.0 Å².